The van der Waals surface area contributed by atoms with Crippen molar-refractivity contribution in [2.24, 2.45) is 5.84 Å². The molecule has 4 N–H and O–H groups in total. The number of nitrogens with one attached hydrogen (secondary N) is 2. The monoisotopic (exact) mass is 184 g/mol. The molecule has 0 bridgehead atoms. The highest BCUT2D eigenvalue weighted by Crippen LogP contribution is 1.94. The largest absolute Gasteiger partial charge is 0.360 e. The average Bonchev–Trinajstić information content (AvgIpc) is 2.65. The molecule has 0 aromatic carbocycles. The summed E-state index contributed by atoms with van der Waals surface area (Å²) in [6, 6.07) is 1.57. The Bertz CT molecular complexity index is 295. The van der Waals surface area contributed by atoms with Crippen molar-refractivity contribution in [1.82, 2.24) is 15.9 Å². The molecule has 0 aliphatic rings. The van der Waals surface area contributed by atoms with Crippen LogP contribution in [-0.4, -0.2) is 17.0 Å². The molecule has 1 aromatic rings. The van der Waals surface area contributed by atoms with Crippen molar-refractivity contribution < 1.29 is 14.1 Å². The Morgan fingerprint density at radius 2 is 2.31 bits per heavy atom. The van der Waals surface area contributed by atoms with E-state index in [0.29, 0.717) is 5.76 Å². The minimum Gasteiger partial charge on any atom is -0.360 e. The number of rotatable bonds is 2. The molecule has 1 heterocycles. The molecule has 0 unspecified atom stereocenters. The Labute approximate surface area is 73.2 Å². The van der Waals surface area contributed by atoms with Crippen molar-refractivity contribution in [2.45, 2.75) is 6.54 Å². The lowest BCUT2D eigenvalue weighted by molar-refractivity contribution is -0.139. The molecule has 1 aromatic heterocycles. The van der Waals surface area contributed by atoms with Gasteiger partial charge in [-0.25, -0.2) is 5.84 Å². The standard InChI is InChI=1S/C6H8N4O3/c7-10-6(12)5(11)8-3-4-1-2-9-13-4/h1-2H,3,7H2,(H,8,11)(H,10,12). The molecule has 7 nitrogen and oxygen atoms in total. The topological polar surface area (TPSA) is 110 Å². The van der Waals surface area contributed by atoms with E-state index < -0.39 is 11.8 Å². The van der Waals surface area contributed by atoms with Crippen LogP contribution in [0.1, 0.15) is 5.76 Å². The molecule has 0 saturated heterocycles. The maximum Gasteiger partial charge on any atom is 0.323 e. The maximum absolute atomic E-state index is 10.8. The molecule has 0 spiro atoms. The van der Waals surface area contributed by atoms with Crippen LogP contribution >= 0.6 is 0 Å². The van der Waals surface area contributed by atoms with E-state index in [1.54, 1.807) is 11.5 Å². The third-order valence-electron chi connectivity index (χ3n) is 1.25. The van der Waals surface area contributed by atoms with Crippen LogP contribution in [0.15, 0.2) is 16.8 Å². The van der Waals surface area contributed by atoms with E-state index >= 15 is 0 Å². The molecule has 13 heavy (non-hydrogen) atoms. The zero-order valence-electron chi connectivity index (χ0n) is 6.61. The van der Waals surface area contributed by atoms with Crippen LogP contribution in [0.2, 0.25) is 0 Å². The number of hydrogen-bond acceptors (Lipinski definition) is 5. The minimum atomic E-state index is -0.903. The minimum absolute atomic E-state index is 0.103. The fourth-order valence-electron chi connectivity index (χ4n) is 0.647. The van der Waals surface area contributed by atoms with Crippen LogP contribution in [0.4, 0.5) is 0 Å². The first-order valence-electron chi connectivity index (χ1n) is 3.42. The molecule has 2 amide bonds. The summed E-state index contributed by atoms with van der Waals surface area (Å²) in [7, 11) is 0. The van der Waals surface area contributed by atoms with E-state index in [0.717, 1.165) is 0 Å². The lowest BCUT2D eigenvalue weighted by atomic mass is 10.4. The first-order chi connectivity index (χ1) is 6.24. The first kappa shape index (κ1) is 9.20. The van der Waals surface area contributed by atoms with E-state index in [2.05, 4.69) is 15.0 Å². The second kappa shape index (κ2) is 4.21. The van der Waals surface area contributed by atoms with Gasteiger partial charge in [0.1, 0.15) is 0 Å². The van der Waals surface area contributed by atoms with Crippen molar-refractivity contribution >= 4 is 11.8 Å². The maximum atomic E-state index is 10.8. The van der Waals surface area contributed by atoms with Crippen molar-refractivity contribution in [1.29, 1.82) is 0 Å². The van der Waals surface area contributed by atoms with Gasteiger partial charge in [-0.15, -0.1) is 0 Å². The van der Waals surface area contributed by atoms with E-state index in [1.165, 1.54) is 6.20 Å². The summed E-state index contributed by atoms with van der Waals surface area (Å²) in [5.74, 6) is 3.46. The SMILES string of the molecule is NNC(=O)C(=O)NCc1ccno1. The number of nitrogens with two attached hydrogens (primary N) is 1. The number of aromatic nitrogens is 1. The Balaban J connectivity index is 2.35. The third kappa shape index (κ3) is 2.56. The highest BCUT2D eigenvalue weighted by molar-refractivity contribution is 6.34. The van der Waals surface area contributed by atoms with Gasteiger partial charge in [0.2, 0.25) is 0 Å². The van der Waals surface area contributed by atoms with Gasteiger partial charge in [0.25, 0.3) is 0 Å². The van der Waals surface area contributed by atoms with Crippen molar-refractivity contribution in [3.05, 3.63) is 18.0 Å². The normalized spacial score (nSPS) is 9.31. The Morgan fingerprint density at radius 3 is 2.85 bits per heavy atom. The first-order valence-corrected chi connectivity index (χ1v) is 3.42. The molecule has 0 aliphatic carbocycles. The van der Waals surface area contributed by atoms with Gasteiger partial charge in [-0.1, -0.05) is 5.16 Å². The summed E-state index contributed by atoms with van der Waals surface area (Å²) in [5, 5.41) is 5.68. The summed E-state index contributed by atoms with van der Waals surface area (Å²) in [4.78, 5) is 21.4. The van der Waals surface area contributed by atoms with Gasteiger partial charge in [0.05, 0.1) is 12.7 Å². The summed E-state index contributed by atoms with van der Waals surface area (Å²) in [5.41, 5.74) is 1.70. The Kier molecular flexibility index (Phi) is 2.98. The van der Waals surface area contributed by atoms with Crippen LogP contribution in [0.3, 0.4) is 0 Å². The van der Waals surface area contributed by atoms with Crippen LogP contribution in [-0.2, 0) is 16.1 Å². The van der Waals surface area contributed by atoms with Crippen LogP contribution in [0.5, 0.6) is 0 Å². The molecule has 0 radical (unpaired) electrons. The number of amides is 2. The lowest BCUT2D eigenvalue weighted by Gasteiger charge is -1.99. The van der Waals surface area contributed by atoms with Gasteiger partial charge in [-0.2, -0.15) is 0 Å². The smallest absolute Gasteiger partial charge is 0.323 e. The molecular weight excluding hydrogens is 176 g/mol. The van der Waals surface area contributed by atoms with Gasteiger partial charge in [-0.3, -0.25) is 15.0 Å². The third-order valence-corrected chi connectivity index (χ3v) is 1.25. The van der Waals surface area contributed by atoms with E-state index in [4.69, 9.17) is 5.84 Å². The highest BCUT2D eigenvalue weighted by atomic mass is 16.5. The van der Waals surface area contributed by atoms with Crippen molar-refractivity contribution in [2.75, 3.05) is 0 Å². The van der Waals surface area contributed by atoms with E-state index in [1.807, 2.05) is 0 Å². The Hall–Kier alpha value is -1.89. The molecule has 0 saturated carbocycles. The molecule has 7 heteroatoms. The van der Waals surface area contributed by atoms with Crippen molar-refractivity contribution in [3.63, 3.8) is 0 Å². The molecule has 0 fully saturated rings. The lowest BCUT2D eigenvalue weighted by Crippen LogP contribution is -2.42. The van der Waals surface area contributed by atoms with Gasteiger partial charge < -0.3 is 9.84 Å². The number of hydrazine groups is 1. The van der Waals surface area contributed by atoms with Gasteiger partial charge in [0, 0.05) is 6.07 Å². The highest BCUT2D eigenvalue weighted by Gasteiger charge is 2.11. The van der Waals surface area contributed by atoms with Gasteiger partial charge >= 0.3 is 11.8 Å². The summed E-state index contributed by atoms with van der Waals surface area (Å²) >= 11 is 0. The second-order valence-corrected chi connectivity index (χ2v) is 2.13. The fraction of sp³-hybridized carbons (Fsp3) is 0.167. The van der Waals surface area contributed by atoms with Gasteiger partial charge in [0.15, 0.2) is 5.76 Å². The number of carbonyl (C=O) groups excluding carboxylic acids is 2. The summed E-state index contributed by atoms with van der Waals surface area (Å²) < 4.78 is 4.67. The number of carbonyl (C=O) groups is 2. The zero-order valence-corrected chi connectivity index (χ0v) is 6.61. The summed E-state index contributed by atoms with van der Waals surface area (Å²) in [6.07, 6.45) is 1.44. The molecule has 0 aliphatic heterocycles. The predicted molar refractivity (Wildman–Crippen MR) is 40.7 cm³/mol. The quantitative estimate of drug-likeness (QED) is 0.219. The molecule has 70 valence electrons. The zero-order chi connectivity index (χ0) is 9.68. The van der Waals surface area contributed by atoms with Crippen LogP contribution < -0.4 is 16.6 Å². The van der Waals surface area contributed by atoms with Crippen LogP contribution in [0.25, 0.3) is 0 Å². The molecule has 1 rings (SSSR count). The van der Waals surface area contributed by atoms with E-state index in [-0.39, 0.29) is 6.54 Å². The van der Waals surface area contributed by atoms with E-state index in [9.17, 15) is 9.59 Å². The predicted octanol–water partition coefficient (Wildman–Crippen LogP) is -1.72. The average molecular weight is 184 g/mol. The Morgan fingerprint density at radius 1 is 1.54 bits per heavy atom. The molecule has 0 atom stereocenters. The van der Waals surface area contributed by atoms with Crippen molar-refractivity contribution in [3.8, 4) is 0 Å². The summed E-state index contributed by atoms with van der Waals surface area (Å²) in [6.45, 7) is 0.103. The van der Waals surface area contributed by atoms with Crippen LogP contribution in [0, 0.1) is 0 Å². The second-order valence-electron chi connectivity index (χ2n) is 2.13. The fourth-order valence-corrected chi connectivity index (χ4v) is 0.647. The van der Waals surface area contributed by atoms with Gasteiger partial charge in [-0.05, 0) is 0 Å². The number of nitrogens with zero attached hydrogens (tertiary/aromatic N) is 1. The molecular formula is C6H8N4O3. The number of hydrogen-bond donors (Lipinski definition) is 3.